The molecule has 2 aromatic heterocycles. The third kappa shape index (κ3) is 3.69. The predicted molar refractivity (Wildman–Crippen MR) is 181 cm³/mol. The maximum Gasteiger partial charge on any atom is 0.0998 e. The van der Waals surface area contributed by atoms with Crippen molar-refractivity contribution in [1.29, 1.82) is 5.26 Å². The van der Waals surface area contributed by atoms with E-state index in [0.29, 0.717) is 5.92 Å². The Bertz CT molecular complexity index is 2160. The van der Waals surface area contributed by atoms with Crippen LogP contribution in [-0.2, 0) is 10.8 Å². The zero-order valence-electron chi connectivity index (χ0n) is 26.7. The van der Waals surface area contributed by atoms with Gasteiger partial charge >= 0.3 is 0 Å². The molecule has 2 heteroatoms. The Morgan fingerprint density at radius 1 is 0.786 bits per heavy atom. The molecule has 0 radical (unpaired) electrons. The molecule has 0 saturated carbocycles. The maximum atomic E-state index is 10.5. The van der Waals surface area contributed by atoms with Gasteiger partial charge in [0.25, 0.3) is 0 Å². The Morgan fingerprint density at radius 3 is 2.21 bits per heavy atom. The summed E-state index contributed by atoms with van der Waals surface area (Å²) in [7, 11) is 0. The fraction of sp³-hybridized carbons (Fsp3) is 0.375. The van der Waals surface area contributed by atoms with Crippen LogP contribution in [0.1, 0.15) is 113 Å². The zero-order chi connectivity index (χ0) is 29.9. The first-order valence-electron chi connectivity index (χ1n) is 15.7. The second-order valence-corrected chi connectivity index (χ2v) is 15.0. The minimum Gasteiger partial charge on any atom is -0.308 e. The van der Waals surface area contributed by atoms with Gasteiger partial charge in [-0.1, -0.05) is 66.7 Å². The molecule has 212 valence electrons. The summed E-state index contributed by atoms with van der Waals surface area (Å²) < 4.78 is 2.50. The Hall–Kier alpha value is -3.83. The van der Waals surface area contributed by atoms with E-state index in [1.807, 2.05) is 0 Å². The molecule has 0 fully saturated rings. The van der Waals surface area contributed by atoms with Crippen LogP contribution in [0.5, 0.6) is 0 Å². The van der Waals surface area contributed by atoms with E-state index in [0.717, 1.165) is 24.0 Å². The fourth-order valence-electron chi connectivity index (χ4n) is 7.62. The standard InChI is InChI=1S/C40H42N2/c1-22-13-11-10-12-14-27-25(21-41)17-34-37(35(22)27)36-30-18-26(39(4,5)6)19-32(40(7,8)9)28(30)20-31-29-15-23(2)24(3)16-33(29)42(34)38(31)36/h12,14-20,22H,10-11,13H2,1-9H3/b14-12+. The van der Waals surface area contributed by atoms with Crippen LogP contribution < -0.4 is 0 Å². The van der Waals surface area contributed by atoms with Crippen molar-refractivity contribution in [2.75, 3.05) is 0 Å². The van der Waals surface area contributed by atoms with E-state index >= 15 is 0 Å². The van der Waals surface area contributed by atoms with Crippen LogP contribution in [0, 0.1) is 25.2 Å². The predicted octanol–water partition coefficient (Wildman–Crippen LogP) is 11.4. The highest BCUT2D eigenvalue weighted by Crippen LogP contribution is 2.50. The largest absolute Gasteiger partial charge is 0.308 e. The first-order chi connectivity index (χ1) is 19.8. The molecular formula is C40H42N2. The molecule has 0 saturated heterocycles. The fourth-order valence-corrected chi connectivity index (χ4v) is 7.62. The zero-order valence-corrected chi connectivity index (χ0v) is 26.7. The van der Waals surface area contributed by atoms with Crippen LogP contribution >= 0.6 is 0 Å². The monoisotopic (exact) mass is 550 g/mol. The topological polar surface area (TPSA) is 28.2 Å². The summed E-state index contributed by atoms with van der Waals surface area (Å²) >= 11 is 0. The smallest absolute Gasteiger partial charge is 0.0998 e. The van der Waals surface area contributed by atoms with Gasteiger partial charge in [0.2, 0.25) is 0 Å². The number of rotatable bonds is 0. The average Bonchev–Trinajstić information content (AvgIpc) is 3.39. The number of aryl methyl sites for hydroxylation is 2. The van der Waals surface area contributed by atoms with Crippen LogP contribution in [-0.4, -0.2) is 4.40 Å². The van der Waals surface area contributed by atoms with E-state index in [4.69, 9.17) is 0 Å². The number of fused-ring (bicyclic) bond motifs is 10. The van der Waals surface area contributed by atoms with Crippen molar-refractivity contribution in [3.8, 4) is 6.07 Å². The highest BCUT2D eigenvalue weighted by Gasteiger charge is 2.30. The molecule has 7 rings (SSSR count). The highest BCUT2D eigenvalue weighted by molar-refractivity contribution is 6.32. The van der Waals surface area contributed by atoms with Crippen molar-refractivity contribution in [1.82, 2.24) is 4.40 Å². The van der Waals surface area contributed by atoms with Gasteiger partial charge in [0.15, 0.2) is 0 Å². The molecule has 0 bridgehead atoms. The van der Waals surface area contributed by atoms with Crippen LogP contribution in [0.2, 0.25) is 0 Å². The van der Waals surface area contributed by atoms with E-state index in [2.05, 4.69) is 121 Å². The van der Waals surface area contributed by atoms with Gasteiger partial charge in [0.1, 0.15) is 0 Å². The number of aromatic nitrogens is 1. The first kappa shape index (κ1) is 27.0. The lowest BCUT2D eigenvalue weighted by Crippen LogP contribution is -2.16. The number of nitriles is 1. The maximum absolute atomic E-state index is 10.5. The van der Waals surface area contributed by atoms with E-state index in [1.54, 1.807) is 0 Å². The summed E-state index contributed by atoms with van der Waals surface area (Å²) in [6.07, 6.45) is 7.89. The second kappa shape index (κ2) is 8.84. The first-order valence-corrected chi connectivity index (χ1v) is 15.7. The minimum atomic E-state index is -0.0122. The van der Waals surface area contributed by atoms with Crippen LogP contribution in [0.15, 0.2) is 42.5 Å². The normalized spacial score (nSPS) is 17.3. The molecule has 42 heavy (non-hydrogen) atoms. The average molecular weight is 551 g/mol. The van der Waals surface area contributed by atoms with E-state index in [9.17, 15) is 5.26 Å². The van der Waals surface area contributed by atoms with E-state index in [1.165, 1.54) is 83.1 Å². The van der Waals surface area contributed by atoms with Gasteiger partial charge in [-0.2, -0.15) is 5.26 Å². The molecule has 1 unspecified atom stereocenters. The lowest BCUT2D eigenvalue weighted by atomic mass is 9.77. The van der Waals surface area contributed by atoms with Crippen molar-refractivity contribution < 1.29 is 0 Å². The Balaban J connectivity index is 1.87. The molecule has 1 aliphatic rings. The van der Waals surface area contributed by atoms with Gasteiger partial charge in [-0.05, 0) is 124 Å². The summed E-state index contributed by atoms with van der Waals surface area (Å²) in [6.45, 7) is 20.9. The molecule has 0 N–H and O–H groups in total. The van der Waals surface area contributed by atoms with Crippen LogP contribution in [0.4, 0.5) is 0 Å². The van der Waals surface area contributed by atoms with Crippen molar-refractivity contribution in [3.63, 3.8) is 0 Å². The lowest BCUT2D eigenvalue weighted by molar-refractivity contribution is 0.573. The summed E-state index contributed by atoms with van der Waals surface area (Å²) in [5.41, 5.74) is 12.4. The summed E-state index contributed by atoms with van der Waals surface area (Å²) in [6, 6.07) is 17.0. The molecule has 1 atom stereocenters. The third-order valence-corrected chi connectivity index (χ3v) is 10.1. The van der Waals surface area contributed by atoms with Crippen LogP contribution in [0.25, 0.3) is 54.9 Å². The number of benzene rings is 4. The summed E-state index contributed by atoms with van der Waals surface area (Å²) in [5.74, 6) is 0.366. The molecule has 0 spiro atoms. The number of allylic oxidation sites excluding steroid dienone is 1. The van der Waals surface area contributed by atoms with Crippen molar-refractivity contribution >= 4 is 54.9 Å². The highest BCUT2D eigenvalue weighted by atomic mass is 14.9. The van der Waals surface area contributed by atoms with Gasteiger partial charge in [0, 0.05) is 21.5 Å². The Labute approximate surface area is 250 Å². The molecule has 2 heterocycles. The Morgan fingerprint density at radius 2 is 1.52 bits per heavy atom. The second-order valence-electron chi connectivity index (χ2n) is 15.0. The van der Waals surface area contributed by atoms with Gasteiger partial charge in [0.05, 0.1) is 28.2 Å². The van der Waals surface area contributed by atoms with Crippen molar-refractivity contribution in [2.24, 2.45) is 0 Å². The number of hydrogen-bond donors (Lipinski definition) is 0. The van der Waals surface area contributed by atoms with Gasteiger partial charge < -0.3 is 4.40 Å². The van der Waals surface area contributed by atoms with Gasteiger partial charge in [-0.25, -0.2) is 0 Å². The molecule has 6 aromatic rings. The summed E-state index contributed by atoms with van der Waals surface area (Å²) in [4.78, 5) is 0. The van der Waals surface area contributed by atoms with E-state index in [-0.39, 0.29) is 10.8 Å². The summed E-state index contributed by atoms with van der Waals surface area (Å²) in [5, 5.41) is 18.5. The van der Waals surface area contributed by atoms with E-state index < -0.39 is 0 Å². The third-order valence-electron chi connectivity index (χ3n) is 10.1. The molecular weight excluding hydrogens is 508 g/mol. The van der Waals surface area contributed by atoms with Crippen molar-refractivity contribution in [3.05, 3.63) is 81.4 Å². The molecule has 0 amide bonds. The Kier molecular flexibility index (Phi) is 5.69. The molecule has 0 aliphatic heterocycles. The van der Waals surface area contributed by atoms with Crippen molar-refractivity contribution in [2.45, 2.75) is 98.3 Å². The molecule has 4 aromatic carbocycles. The number of hydrogen-bond acceptors (Lipinski definition) is 1. The van der Waals surface area contributed by atoms with Crippen LogP contribution in [0.3, 0.4) is 0 Å². The number of nitrogens with zero attached hydrogens (tertiary/aromatic N) is 2. The SMILES string of the molecule is Cc1cc2c3cc4c(C(C)(C)C)cc(C(C)(C)C)cc4c4c5c6c(c(C#N)cc5n(c2cc1C)c34)/C=C/CCCC6C. The van der Waals surface area contributed by atoms with Gasteiger partial charge in [-0.15, -0.1) is 0 Å². The molecule has 2 nitrogen and oxygen atoms in total. The molecule has 1 aliphatic carbocycles. The lowest BCUT2D eigenvalue weighted by Gasteiger charge is -2.27. The van der Waals surface area contributed by atoms with Gasteiger partial charge in [-0.3, -0.25) is 0 Å². The minimum absolute atomic E-state index is 0.0122. The quantitative estimate of drug-likeness (QED) is 0.185.